The molecular formula is C69H135NO3. The van der Waals surface area contributed by atoms with E-state index in [4.69, 9.17) is 0 Å². The van der Waals surface area contributed by atoms with E-state index in [1.807, 2.05) is 0 Å². The quantitative estimate of drug-likeness (QED) is 0.0420. The van der Waals surface area contributed by atoms with E-state index in [-0.39, 0.29) is 12.5 Å². The number of carbonyl (C=O) groups is 1. The van der Waals surface area contributed by atoms with Crippen LogP contribution in [0.4, 0.5) is 0 Å². The van der Waals surface area contributed by atoms with Crippen molar-refractivity contribution in [3.63, 3.8) is 0 Å². The Labute approximate surface area is 459 Å². The Kier molecular flexibility index (Phi) is 64.1. The molecule has 0 heterocycles. The molecule has 434 valence electrons. The molecule has 0 aromatic carbocycles. The average Bonchev–Trinajstić information content (AvgIpc) is 3.40. The minimum Gasteiger partial charge on any atom is -0.394 e. The highest BCUT2D eigenvalue weighted by molar-refractivity contribution is 5.76. The molecule has 0 radical (unpaired) electrons. The summed E-state index contributed by atoms with van der Waals surface area (Å²) >= 11 is 0. The highest BCUT2D eigenvalue weighted by atomic mass is 16.3. The number of allylic oxidation sites excluding steroid dienone is 4. The maximum Gasteiger partial charge on any atom is 0.220 e. The average molecular weight is 1030 g/mol. The van der Waals surface area contributed by atoms with Crippen LogP contribution in [0.5, 0.6) is 0 Å². The predicted octanol–water partition coefficient (Wildman–Crippen LogP) is 23.0. The molecule has 0 aliphatic rings. The summed E-state index contributed by atoms with van der Waals surface area (Å²) in [6.07, 6.45) is 88.0. The lowest BCUT2D eigenvalue weighted by molar-refractivity contribution is -0.123. The van der Waals surface area contributed by atoms with Gasteiger partial charge in [0.15, 0.2) is 0 Å². The van der Waals surface area contributed by atoms with Crippen molar-refractivity contribution < 1.29 is 15.0 Å². The molecule has 2 unspecified atom stereocenters. The van der Waals surface area contributed by atoms with Crippen LogP contribution in [0.3, 0.4) is 0 Å². The lowest BCUT2D eigenvalue weighted by Gasteiger charge is -2.22. The van der Waals surface area contributed by atoms with Gasteiger partial charge in [0.25, 0.3) is 0 Å². The summed E-state index contributed by atoms with van der Waals surface area (Å²) in [5.74, 6) is -0.0217. The topological polar surface area (TPSA) is 69.6 Å². The lowest BCUT2D eigenvalue weighted by atomic mass is 10.0. The Hall–Kier alpha value is -1.13. The summed E-state index contributed by atoms with van der Waals surface area (Å²) in [5, 5.41) is 23.5. The van der Waals surface area contributed by atoms with Gasteiger partial charge in [0, 0.05) is 6.42 Å². The van der Waals surface area contributed by atoms with Crippen molar-refractivity contribution >= 4 is 5.91 Å². The number of rotatable bonds is 64. The van der Waals surface area contributed by atoms with Gasteiger partial charge in [-0.05, 0) is 44.9 Å². The van der Waals surface area contributed by atoms with E-state index in [2.05, 4.69) is 43.5 Å². The van der Waals surface area contributed by atoms with Gasteiger partial charge >= 0.3 is 0 Å². The van der Waals surface area contributed by atoms with E-state index >= 15 is 0 Å². The van der Waals surface area contributed by atoms with Gasteiger partial charge in [0.1, 0.15) is 0 Å². The molecule has 4 nitrogen and oxygen atoms in total. The number of hydrogen-bond donors (Lipinski definition) is 3. The van der Waals surface area contributed by atoms with Gasteiger partial charge < -0.3 is 15.5 Å². The summed E-state index contributed by atoms with van der Waals surface area (Å²) in [6.45, 7) is 4.40. The van der Waals surface area contributed by atoms with Gasteiger partial charge in [-0.25, -0.2) is 0 Å². The second-order valence-electron chi connectivity index (χ2n) is 23.6. The van der Waals surface area contributed by atoms with Gasteiger partial charge in [-0.3, -0.25) is 4.79 Å². The first-order chi connectivity index (χ1) is 36.2. The Morgan fingerprint density at radius 1 is 0.329 bits per heavy atom. The van der Waals surface area contributed by atoms with E-state index in [9.17, 15) is 15.0 Å². The third-order valence-electron chi connectivity index (χ3n) is 16.2. The standard InChI is InChI=1S/C69H135NO3/c1-3-5-7-9-11-13-15-17-19-21-23-25-27-29-31-32-33-34-35-36-37-38-39-41-43-45-47-49-51-53-55-57-59-61-63-65-69(73)70-67(66-71)68(72)64-62-60-58-56-54-52-50-48-46-44-42-40-30-28-26-24-22-20-18-16-14-12-10-8-6-4-2/h15,17,21,23,67-68,71-72H,3-14,16,18-20,22,24-66H2,1-2H3,(H,70,73)/b17-15-,23-21-. The molecule has 0 bridgehead atoms. The molecular weight excluding hydrogens is 891 g/mol. The SMILES string of the molecule is CCCCCCC/C=C\C/C=C\CCCCCCCCCCCCCCCCCCCCCCCCCC(=O)NC(CO)C(O)CCCCCCCCCCCCCCCCCCCCCCCCCCCC. The number of carbonyl (C=O) groups excluding carboxylic acids is 1. The number of nitrogens with one attached hydrogen (secondary N) is 1. The smallest absolute Gasteiger partial charge is 0.220 e. The maximum atomic E-state index is 12.6. The fourth-order valence-electron chi connectivity index (χ4n) is 11.0. The van der Waals surface area contributed by atoms with E-state index in [1.165, 1.54) is 334 Å². The Morgan fingerprint density at radius 2 is 0.562 bits per heavy atom. The molecule has 0 saturated carbocycles. The number of amides is 1. The van der Waals surface area contributed by atoms with Crippen molar-refractivity contribution in [1.82, 2.24) is 5.32 Å². The summed E-state index contributed by atoms with van der Waals surface area (Å²) in [4.78, 5) is 12.6. The zero-order valence-electron chi connectivity index (χ0n) is 50.2. The van der Waals surface area contributed by atoms with Crippen LogP contribution >= 0.6 is 0 Å². The van der Waals surface area contributed by atoms with Crippen molar-refractivity contribution in [3.05, 3.63) is 24.3 Å². The van der Waals surface area contributed by atoms with Crippen molar-refractivity contribution in [2.75, 3.05) is 6.61 Å². The van der Waals surface area contributed by atoms with Crippen molar-refractivity contribution in [2.45, 2.75) is 405 Å². The maximum absolute atomic E-state index is 12.6. The second-order valence-corrected chi connectivity index (χ2v) is 23.6. The number of aliphatic hydroxyl groups excluding tert-OH is 2. The monoisotopic (exact) mass is 1030 g/mol. The summed E-state index contributed by atoms with van der Waals surface area (Å²) in [6, 6.07) is -0.535. The molecule has 73 heavy (non-hydrogen) atoms. The molecule has 0 spiro atoms. The fraction of sp³-hybridized carbons (Fsp3) is 0.928. The van der Waals surface area contributed by atoms with Gasteiger partial charge in [0.05, 0.1) is 18.8 Å². The highest BCUT2D eigenvalue weighted by Crippen LogP contribution is 2.19. The number of hydrogen-bond acceptors (Lipinski definition) is 3. The highest BCUT2D eigenvalue weighted by Gasteiger charge is 2.20. The van der Waals surface area contributed by atoms with E-state index in [0.717, 1.165) is 32.1 Å². The molecule has 0 aliphatic carbocycles. The second kappa shape index (κ2) is 65.2. The Morgan fingerprint density at radius 3 is 0.822 bits per heavy atom. The predicted molar refractivity (Wildman–Crippen MR) is 327 cm³/mol. The molecule has 0 fully saturated rings. The van der Waals surface area contributed by atoms with Crippen molar-refractivity contribution in [1.29, 1.82) is 0 Å². The third-order valence-corrected chi connectivity index (χ3v) is 16.2. The van der Waals surface area contributed by atoms with Crippen LogP contribution in [-0.2, 0) is 4.79 Å². The first-order valence-electron chi connectivity index (χ1n) is 34.0. The van der Waals surface area contributed by atoms with Crippen LogP contribution in [0.2, 0.25) is 0 Å². The Bertz CT molecular complexity index is 1070. The van der Waals surface area contributed by atoms with Gasteiger partial charge in [-0.2, -0.15) is 0 Å². The molecule has 0 aromatic rings. The van der Waals surface area contributed by atoms with Crippen LogP contribution in [0, 0.1) is 0 Å². The van der Waals surface area contributed by atoms with Crippen LogP contribution in [0.15, 0.2) is 24.3 Å². The molecule has 1 amide bonds. The Balaban J connectivity index is 3.38. The molecule has 0 aliphatic heterocycles. The van der Waals surface area contributed by atoms with Crippen LogP contribution in [0.1, 0.15) is 393 Å². The summed E-state index contributed by atoms with van der Waals surface area (Å²) < 4.78 is 0. The number of unbranched alkanes of at least 4 members (excludes halogenated alkanes) is 53. The molecule has 2 atom stereocenters. The zero-order valence-corrected chi connectivity index (χ0v) is 50.2. The lowest BCUT2D eigenvalue weighted by Crippen LogP contribution is -2.45. The van der Waals surface area contributed by atoms with Crippen molar-refractivity contribution in [2.24, 2.45) is 0 Å². The van der Waals surface area contributed by atoms with E-state index in [1.54, 1.807) is 0 Å². The van der Waals surface area contributed by atoms with E-state index < -0.39 is 12.1 Å². The molecule has 0 saturated heterocycles. The summed E-state index contributed by atoms with van der Waals surface area (Å²) in [5.41, 5.74) is 0. The van der Waals surface area contributed by atoms with Crippen LogP contribution in [0.25, 0.3) is 0 Å². The van der Waals surface area contributed by atoms with Gasteiger partial charge in [-0.1, -0.05) is 366 Å². The molecule has 4 heteroatoms. The largest absolute Gasteiger partial charge is 0.394 e. The van der Waals surface area contributed by atoms with Crippen LogP contribution in [-0.4, -0.2) is 34.9 Å². The van der Waals surface area contributed by atoms with Gasteiger partial charge in [-0.15, -0.1) is 0 Å². The van der Waals surface area contributed by atoms with E-state index in [0.29, 0.717) is 12.8 Å². The minimum absolute atomic E-state index is 0.0217. The normalized spacial score (nSPS) is 12.8. The first-order valence-corrected chi connectivity index (χ1v) is 34.0. The minimum atomic E-state index is -0.658. The molecule has 0 aromatic heterocycles. The first kappa shape index (κ1) is 71.9. The van der Waals surface area contributed by atoms with Crippen LogP contribution < -0.4 is 5.32 Å². The fourth-order valence-corrected chi connectivity index (χ4v) is 11.0. The van der Waals surface area contributed by atoms with Gasteiger partial charge in [0.2, 0.25) is 5.91 Å². The third kappa shape index (κ3) is 61.6. The summed E-state index contributed by atoms with van der Waals surface area (Å²) in [7, 11) is 0. The van der Waals surface area contributed by atoms with Crippen molar-refractivity contribution in [3.8, 4) is 0 Å². The molecule has 3 N–H and O–H groups in total. The molecule has 0 rings (SSSR count). The number of aliphatic hydroxyl groups is 2. The zero-order chi connectivity index (χ0) is 52.7.